The lowest BCUT2D eigenvalue weighted by Gasteiger charge is -2.02. The minimum atomic E-state index is -0.483. The van der Waals surface area contributed by atoms with E-state index in [0.717, 1.165) is 16.0 Å². The van der Waals surface area contributed by atoms with E-state index in [1.165, 1.54) is 23.5 Å². The molecule has 0 bridgehead atoms. The molecule has 0 radical (unpaired) electrons. The quantitative estimate of drug-likeness (QED) is 0.733. The zero-order chi connectivity index (χ0) is 11.7. The fourth-order valence-corrected chi connectivity index (χ4v) is 2.65. The molecular weight excluding hydrogens is 247 g/mol. The summed E-state index contributed by atoms with van der Waals surface area (Å²) in [4.78, 5) is 12.2. The topological polar surface area (TPSA) is 17.1 Å². The van der Waals surface area contributed by atoms with Gasteiger partial charge in [-0.25, -0.2) is 4.39 Å². The Morgan fingerprint density at radius 3 is 2.50 bits per heavy atom. The van der Waals surface area contributed by atoms with Crippen LogP contribution in [0.25, 0.3) is 11.1 Å². The summed E-state index contributed by atoms with van der Waals surface area (Å²) in [6.45, 7) is 1.91. The lowest BCUT2D eigenvalue weighted by molar-refractivity contribution is 0.108. The number of thiophene rings is 1. The molecule has 0 atom stereocenters. The fourth-order valence-electron chi connectivity index (χ4n) is 1.57. The lowest BCUT2D eigenvalue weighted by atomic mass is 10.0. The summed E-state index contributed by atoms with van der Waals surface area (Å²) in [5, 5.41) is 1.24. The Morgan fingerprint density at radius 1 is 1.31 bits per heavy atom. The van der Waals surface area contributed by atoms with E-state index in [0.29, 0.717) is 5.56 Å². The van der Waals surface area contributed by atoms with E-state index in [1.807, 2.05) is 6.92 Å². The second kappa shape index (κ2) is 4.36. The molecule has 0 saturated carbocycles. The van der Waals surface area contributed by atoms with Crippen LogP contribution in [0.5, 0.6) is 0 Å². The third-order valence-electron chi connectivity index (χ3n) is 2.32. The van der Waals surface area contributed by atoms with Crippen LogP contribution in [-0.4, -0.2) is 5.24 Å². The second-order valence-electron chi connectivity index (χ2n) is 3.36. The number of halogens is 2. The molecule has 1 aromatic carbocycles. The average Bonchev–Trinajstić information content (AvgIpc) is 2.62. The van der Waals surface area contributed by atoms with Gasteiger partial charge in [0, 0.05) is 15.8 Å². The first-order valence-electron chi connectivity index (χ1n) is 4.63. The monoisotopic (exact) mass is 254 g/mol. The molecule has 1 heterocycles. The molecule has 82 valence electrons. The highest BCUT2D eigenvalue weighted by Crippen LogP contribution is 2.33. The summed E-state index contributed by atoms with van der Waals surface area (Å²) in [7, 11) is 0. The van der Waals surface area contributed by atoms with Crippen LogP contribution in [0.4, 0.5) is 4.39 Å². The zero-order valence-corrected chi connectivity index (χ0v) is 10.0. The highest BCUT2D eigenvalue weighted by molar-refractivity contribution is 7.11. The van der Waals surface area contributed by atoms with Crippen LogP contribution in [0.2, 0.25) is 0 Å². The van der Waals surface area contributed by atoms with Crippen molar-refractivity contribution in [3.05, 3.63) is 45.9 Å². The Balaban J connectivity index is 2.58. The van der Waals surface area contributed by atoms with E-state index in [-0.39, 0.29) is 5.82 Å². The van der Waals surface area contributed by atoms with Gasteiger partial charge in [0.15, 0.2) is 0 Å². The molecule has 4 heteroatoms. The molecule has 2 aromatic rings. The molecule has 2 rings (SSSR count). The van der Waals surface area contributed by atoms with Crippen LogP contribution >= 0.6 is 22.9 Å². The van der Waals surface area contributed by atoms with Gasteiger partial charge in [-0.1, -0.05) is 12.1 Å². The first-order valence-corrected chi connectivity index (χ1v) is 5.89. The minimum Gasteiger partial charge on any atom is -0.276 e. The predicted octanol–water partition coefficient (Wildman–Crippen LogP) is 4.24. The number of benzene rings is 1. The van der Waals surface area contributed by atoms with Crippen molar-refractivity contribution in [3.63, 3.8) is 0 Å². The van der Waals surface area contributed by atoms with Crippen LogP contribution in [0.15, 0.2) is 29.6 Å². The van der Waals surface area contributed by atoms with E-state index in [9.17, 15) is 9.18 Å². The van der Waals surface area contributed by atoms with E-state index in [4.69, 9.17) is 11.6 Å². The van der Waals surface area contributed by atoms with Gasteiger partial charge in [0.1, 0.15) is 5.82 Å². The summed E-state index contributed by atoms with van der Waals surface area (Å²) in [5.41, 5.74) is 2.09. The molecular formula is C12H8ClFOS. The molecule has 0 aliphatic carbocycles. The molecule has 16 heavy (non-hydrogen) atoms. The van der Waals surface area contributed by atoms with Crippen molar-refractivity contribution >= 4 is 28.2 Å². The van der Waals surface area contributed by atoms with Gasteiger partial charge in [-0.05, 0) is 36.2 Å². The van der Waals surface area contributed by atoms with Crippen LogP contribution in [-0.2, 0) is 0 Å². The van der Waals surface area contributed by atoms with Crippen molar-refractivity contribution in [2.24, 2.45) is 0 Å². The van der Waals surface area contributed by atoms with E-state index in [2.05, 4.69) is 0 Å². The Hall–Kier alpha value is -1.19. The van der Waals surface area contributed by atoms with Crippen molar-refractivity contribution in [1.29, 1.82) is 0 Å². The third kappa shape index (κ3) is 2.01. The number of carbonyl (C=O) groups is 1. The highest BCUT2D eigenvalue weighted by Gasteiger charge is 2.15. The van der Waals surface area contributed by atoms with Crippen molar-refractivity contribution in [3.8, 4) is 11.1 Å². The average molecular weight is 255 g/mol. The van der Waals surface area contributed by atoms with Gasteiger partial charge < -0.3 is 0 Å². The molecule has 0 N–H and O–H groups in total. The van der Waals surface area contributed by atoms with Crippen LogP contribution in [0.3, 0.4) is 0 Å². The Kier molecular flexibility index (Phi) is 3.08. The predicted molar refractivity (Wildman–Crippen MR) is 64.6 cm³/mol. The molecule has 0 fully saturated rings. The van der Waals surface area contributed by atoms with E-state index >= 15 is 0 Å². The summed E-state index contributed by atoms with van der Waals surface area (Å²) in [6.07, 6.45) is 0. The van der Waals surface area contributed by atoms with E-state index < -0.39 is 5.24 Å². The Bertz CT molecular complexity index is 530. The molecule has 1 nitrogen and oxygen atoms in total. The maximum Gasteiger partial charge on any atom is 0.253 e. The highest BCUT2D eigenvalue weighted by atomic mass is 35.5. The Morgan fingerprint density at radius 2 is 1.94 bits per heavy atom. The summed E-state index contributed by atoms with van der Waals surface area (Å²) in [5.74, 6) is -0.296. The summed E-state index contributed by atoms with van der Waals surface area (Å²) >= 11 is 6.96. The lowest BCUT2D eigenvalue weighted by Crippen LogP contribution is -1.90. The van der Waals surface area contributed by atoms with Crippen molar-refractivity contribution in [1.82, 2.24) is 0 Å². The maximum atomic E-state index is 12.8. The van der Waals surface area contributed by atoms with Gasteiger partial charge >= 0.3 is 0 Å². The summed E-state index contributed by atoms with van der Waals surface area (Å²) < 4.78 is 12.8. The second-order valence-corrected chi connectivity index (χ2v) is 4.79. The first kappa shape index (κ1) is 11.3. The standard InChI is InChI=1S/C12H8ClFOS/c1-7-11(10(6-16-7)12(13)15)8-2-4-9(14)5-3-8/h2-6H,1H3. The van der Waals surface area contributed by atoms with Gasteiger partial charge in [-0.2, -0.15) is 0 Å². The number of aryl methyl sites for hydroxylation is 1. The van der Waals surface area contributed by atoms with Crippen LogP contribution in [0, 0.1) is 12.7 Å². The maximum absolute atomic E-state index is 12.8. The van der Waals surface area contributed by atoms with Gasteiger partial charge in [0.2, 0.25) is 0 Å². The first-order chi connectivity index (χ1) is 7.59. The number of hydrogen-bond acceptors (Lipinski definition) is 2. The third-order valence-corrected chi connectivity index (χ3v) is 3.43. The van der Waals surface area contributed by atoms with E-state index in [1.54, 1.807) is 17.5 Å². The minimum absolute atomic E-state index is 0.296. The zero-order valence-electron chi connectivity index (χ0n) is 8.46. The molecule has 0 amide bonds. The van der Waals surface area contributed by atoms with Gasteiger partial charge in [-0.15, -0.1) is 11.3 Å². The van der Waals surface area contributed by atoms with Crippen molar-refractivity contribution in [2.75, 3.05) is 0 Å². The van der Waals surface area contributed by atoms with Gasteiger partial charge in [-0.3, -0.25) is 4.79 Å². The molecule has 1 aromatic heterocycles. The number of carbonyl (C=O) groups excluding carboxylic acids is 1. The SMILES string of the molecule is Cc1scc(C(=O)Cl)c1-c1ccc(F)cc1. The Labute approximate surface area is 101 Å². The molecule has 0 aliphatic heterocycles. The number of hydrogen-bond donors (Lipinski definition) is 0. The smallest absolute Gasteiger partial charge is 0.253 e. The normalized spacial score (nSPS) is 10.4. The van der Waals surface area contributed by atoms with Gasteiger partial charge in [0.25, 0.3) is 5.24 Å². The molecule has 0 spiro atoms. The van der Waals surface area contributed by atoms with Crippen LogP contribution in [0.1, 0.15) is 15.2 Å². The van der Waals surface area contributed by atoms with Crippen LogP contribution < -0.4 is 0 Å². The summed E-state index contributed by atoms with van der Waals surface area (Å²) in [6, 6.07) is 6.03. The molecule has 0 saturated heterocycles. The van der Waals surface area contributed by atoms with Gasteiger partial charge in [0.05, 0.1) is 5.56 Å². The molecule has 0 aliphatic rings. The van der Waals surface area contributed by atoms with Crippen molar-refractivity contribution in [2.45, 2.75) is 6.92 Å². The largest absolute Gasteiger partial charge is 0.276 e. The number of rotatable bonds is 2. The molecule has 0 unspecified atom stereocenters. The fraction of sp³-hybridized carbons (Fsp3) is 0.0833. The van der Waals surface area contributed by atoms with Crippen molar-refractivity contribution < 1.29 is 9.18 Å².